The largest absolute Gasteiger partial charge is 0.487 e. The summed E-state index contributed by atoms with van der Waals surface area (Å²) >= 11 is 1.36. The molecule has 7 nitrogen and oxygen atoms in total. The van der Waals surface area contributed by atoms with Crippen LogP contribution in [0.15, 0.2) is 24.5 Å². The number of aromatic nitrogens is 2. The Morgan fingerprint density at radius 1 is 1.29 bits per heavy atom. The Balaban J connectivity index is 1.46. The number of carbonyl (C=O) groups excluding carboxylic acids is 1. The zero-order chi connectivity index (χ0) is 21.4. The van der Waals surface area contributed by atoms with Crippen molar-refractivity contribution in [2.24, 2.45) is 0 Å². The van der Waals surface area contributed by atoms with Gasteiger partial charge in [-0.05, 0) is 56.8 Å². The molecule has 1 aliphatic heterocycles. The van der Waals surface area contributed by atoms with E-state index in [1.807, 2.05) is 6.92 Å². The molecule has 1 aliphatic carbocycles. The molecule has 3 aromatic rings. The molecule has 1 aromatic carbocycles. The van der Waals surface area contributed by atoms with E-state index in [1.165, 1.54) is 29.8 Å². The van der Waals surface area contributed by atoms with Crippen LogP contribution in [0, 0.1) is 12.7 Å². The van der Waals surface area contributed by atoms with Crippen LogP contribution < -0.4 is 20.7 Å². The molecule has 5 rings (SSSR count). The van der Waals surface area contributed by atoms with E-state index >= 15 is 0 Å². The van der Waals surface area contributed by atoms with E-state index < -0.39 is 0 Å². The summed E-state index contributed by atoms with van der Waals surface area (Å²) in [4.78, 5) is 22.8. The van der Waals surface area contributed by atoms with Crippen LogP contribution in [0.4, 0.5) is 15.9 Å². The Morgan fingerprint density at radius 2 is 2.16 bits per heavy atom. The van der Waals surface area contributed by atoms with E-state index in [9.17, 15) is 9.18 Å². The van der Waals surface area contributed by atoms with Crippen molar-refractivity contribution in [2.45, 2.75) is 44.8 Å². The lowest BCUT2D eigenvalue weighted by Crippen LogP contribution is -2.37. The van der Waals surface area contributed by atoms with Gasteiger partial charge >= 0.3 is 0 Å². The third-order valence-corrected chi connectivity index (χ3v) is 6.79. The molecule has 2 fully saturated rings. The second-order valence-corrected chi connectivity index (χ2v) is 9.06. The molecule has 2 aliphatic rings. The number of fused-ring (bicyclic) bond motifs is 1. The average molecular weight is 442 g/mol. The number of piperidine rings is 1. The van der Waals surface area contributed by atoms with E-state index in [1.54, 1.807) is 6.07 Å². The topological polar surface area (TPSA) is 88.2 Å². The van der Waals surface area contributed by atoms with Gasteiger partial charge < -0.3 is 20.7 Å². The summed E-state index contributed by atoms with van der Waals surface area (Å²) in [5, 5.41) is 10.4. The van der Waals surface area contributed by atoms with Crippen LogP contribution in [0.1, 0.15) is 40.9 Å². The second-order valence-electron chi connectivity index (χ2n) is 8.06. The lowest BCUT2D eigenvalue weighted by atomic mass is 10.1. The van der Waals surface area contributed by atoms with Crippen LogP contribution >= 0.6 is 11.3 Å². The molecule has 3 heterocycles. The molecule has 1 saturated heterocycles. The van der Waals surface area contributed by atoms with Crippen molar-refractivity contribution in [1.29, 1.82) is 0 Å². The highest BCUT2D eigenvalue weighted by Crippen LogP contribution is 2.37. The SMILES string of the molecule is Cc1c(C(=O)NC2CC2)sc2ncnc(Nc3ccc(F)cc3O[C@H]3CCCNC3)c12. The van der Waals surface area contributed by atoms with Gasteiger partial charge in [0, 0.05) is 18.7 Å². The molecule has 9 heteroatoms. The molecule has 0 unspecified atom stereocenters. The minimum Gasteiger partial charge on any atom is -0.487 e. The van der Waals surface area contributed by atoms with Gasteiger partial charge in [-0.1, -0.05) is 0 Å². The Morgan fingerprint density at radius 3 is 2.94 bits per heavy atom. The highest BCUT2D eigenvalue weighted by molar-refractivity contribution is 7.20. The van der Waals surface area contributed by atoms with Gasteiger partial charge in [-0.15, -0.1) is 11.3 Å². The predicted octanol–water partition coefficient (Wildman–Crippen LogP) is 3.91. The molecule has 0 radical (unpaired) electrons. The summed E-state index contributed by atoms with van der Waals surface area (Å²) in [5.74, 6) is 0.593. The van der Waals surface area contributed by atoms with Crippen LogP contribution in [-0.2, 0) is 0 Å². The number of nitrogens with one attached hydrogen (secondary N) is 3. The fourth-order valence-electron chi connectivity index (χ4n) is 3.79. The van der Waals surface area contributed by atoms with E-state index in [4.69, 9.17) is 4.74 Å². The van der Waals surface area contributed by atoms with Gasteiger partial charge in [0.1, 0.15) is 34.6 Å². The van der Waals surface area contributed by atoms with Gasteiger partial charge in [-0.2, -0.15) is 0 Å². The molecule has 1 atom stereocenters. The summed E-state index contributed by atoms with van der Waals surface area (Å²) in [5.41, 5.74) is 1.46. The molecular formula is C22H24FN5O2S. The lowest BCUT2D eigenvalue weighted by Gasteiger charge is -2.25. The molecule has 2 aromatic heterocycles. The number of hydrogen-bond donors (Lipinski definition) is 3. The molecule has 1 amide bonds. The Bertz CT molecular complexity index is 1120. The number of ether oxygens (including phenoxy) is 1. The Hall–Kier alpha value is -2.78. The van der Waals surface area contributed by atoms with Crippen molar-refractivity contribution in [2.75, 3.05) is 18.4 Å². The van der Waals surface area contributed by atoms with Gasteiger partial charge in [0.25, 0.3) is 5.91 Å². The molecule has 162 valence electrons. The molecule has 0 spiro atoms. The van der Waals surface area contributed by atoms with Crippen molar-refractivity contribution in [1.82, 2.24) is 20.6 Å². The maximum absolute atomic E-state index is 14.0. The van der Waals surface area contributed by atoms with Crippen LogP contribution in [0.3, 0.4) is 0 Å². The standard InChI is InChI=1S/C22H24FN5O2S/c1-12-18-20(25-11-26-22(18)31-19(12)21(29)27-14-5-6-14)28-16-7-4-13(23)9-17(16)30-15-3-2-8-24-10-15/h4,7,9,11,14-15,24H,2-3,5-6,8,10H2,1H3,(H,27,29)(H,25,26,28)/t15-/m0/s1. The molecule has 31 heavy (non-hydrogen) atoms. The summed E-state index contributed by atoms with van der Waals surface area (Å²) in [6, 6.07) is 4.72. The first-order chi connectivity index (χ1) is 15.1. The van der Waals surface area contributed by atoms with Crippen LogP contribution in [-0.4, -0.2) is 41.1 Å². The number of rotatable bonds is 6. The quantitative estimate of drug-likeness (QED) is 0.538. The zero-order valence-corrected chi connectivity index (χ0v) is 18.0. The van der Waals surface area contributed by atoms with E-state index in [0.717, 1.165) is 54.6 Å². The number of carbonyl (C=O) groups is 1. The predicted molar refractivity (Wildman–Crippen MR) is 119 cm³/mol. The normalized spacial score (nSPS) is 18.7. The van der Waals surface area contributed by atoms with Crippen LogP contribution in [0.5, 0.6) is 5.75 Å². The lowest BCUT2D eigenvalue weighted by molar-refractivity contribution is 0.0954. The van der Waals surface area contributed by atoms with Gasteiger partial charge in [0.05, 0.1) is 16.0 Å². The summed E-state index contributed by atoms with van der Waals surface area (Å²) < 4.78 is 20.1. The third kappa shape index (κ3) is 4.33. The summed E-state index contributed by atoms with van der Waals surface area (Å²) in [6.45, 7) is 3.61. The van der Waals surface area contributed by atoms with E-state index in [0.29, 0.717) is 22.1 Å². The van der Waals surface area contributed by atoms with Crippen LogP contribution in [0.2, 0.25) is 0 Å². The molecular weight excluding hydrogens is 417 g/mol. The Labute approximate surface area is 183 Å². The van der Waals surface area contributed by atoms with Crippen molar-refractivity contribution in [3.8, 4) is 5.75 Å². The smallest absolute Gasteiger partial charge is 0.261 e. The zero-order valence-electron chi connectivity index (χ0n) is 17.2. The fourth-order valence-corrected chi connectivity index (χ4v) is 4.84. The van der Waals surface area contributed by atoms with Crippen LogP contribution in [0.25, 0.3) is 10.2 Å². The average Bonchev–Trinajstić information content (AvgIpc) is 3.51. The highest BCUT2D eigenvalue weighted by Gasteiger charge is 2.27. The van der Waals surface area contributed by atoms with Gasteiger partial charge in [-0.25, -0.2) is 14.4 Å². The number of benzene rings is 1. The van der Waals surface area contributed by atoms with Crippen molar-refractivity contribution in [3.05, 3.63) is 40.8 Å². The maximum Gasteiger partial charge on any atom is 0.261 e. The molecule has 0 bridgehead atoms. The first kappa shape index (κ1) is 20.1. The first-order valence-electron chi connectivity index (χ1n) is 10.6. The minimum absolute atomic E-state index is 0.0119. The van der Waals surface area contributed by atoms with Gasteiger partial charge in [0.2, 0.25) is 0 Å². The Kier molecular flexibility index (Phi) is 5.45. The number of halogens is 1. The summed E-state index contributed by atoms with van der Waals surface area (Å²) in [6.07, 6.45) is 5.47. The monoisotopic (exact) mass is 441 g/mol. The number of aryl methyl sites for hydroxylation is 1. The molecule has 1 saturated carbocycles. The van der Waals surface area contributed by atoms with Gasteiger partial charge in [-0.3, -0.25) is 4.79 Å². The van der Waals surface area contributed by atoms with Crippen molar-refractivity contribution >= 4 is 39.0 Å². The van der Waals surface area contributed by atoms with E-state index in [2.05, 4.69) is 25.9 Å². The highest BCUT2D eigenvalue weighted by atomic mass is 32.1. The van der Waals surface area contributed by atoms with E-state index in [-0.39, 0.29) is 23.9 Å². The second kappa shape index (κ2) is 8.39. The number of anilines is 2. The van der Waals surface area contributed by atoms with Gasteiger partial charge in [0.15, 0.2) is 0 Å². The summed E-state index contributed by atoms with van der Waals surface area (Å²) in [7, 11) is 0. The number of thiophene rings is 1. The van der Waals surface area contributed by atoms with Crippen molar-refractivity contribution < 1.29 is 13.9 Å². The minimum atomic E-state index is -0.358. The fraction of sp³-hybridized carbons (Fsp3) is 0.409. The van der Waals surface area contributed by atoms with Crippen molar-refractivity contribution in [3.63, 3.8) is 0 Å². The number of amides is 1. The number of nitrogens with zero attached hydrogens (tertiary/aromatic N) is 2. The first-order valence-corrected chi connectivity index (χ1v) is 11.4. The number of hydrogen-bond acceptors (Lipinski definition) is 7. The third-order valence-electron chi connectivity index (χ3n) is 5.59. The molecule has 3 N–H and O–H groups in total. The maximum atomic E-state index is 14.0.